The Morgan fingerprint density at radius 3 is 1.63 bits per heavy atom. The number of nitrogens with zero attached hydrogens (tertiary/aromatic N) is 1. The van der Waals surface area contributed by atoms with Gasteiger partial charge in [-0.3, -0.25) is 0 Å². The Hall–Kier alpha value is -1.58. The second kappa shape index (κ2) is 4.83. The fraction of sp³-hybridized carbons (Fsp3) is 0.600. The van der Waals surface area contributed by atoms with Gasteiger partial charge in [0.25, 0.3) is 4.92 Å². The quantitative estimate of drug-likeness (QED) is 0.771. The van der Waals surface area contributed by atoms with Crippen molar-refractivity contribution in [3.05, 3.63) is 28.2 Å². The molecule has 0 atom stereocenters. The predicted molar refractivity (Wildman–Crippen MR) is 73.6 cm³/mol. The van der Waals surface area contributed by atoms with E-state index in [0.29, 0.717) is 21.7 Å². The molecule has 1 aromatic rings. The maximum Gasteiger partial charge on any atom is 0.317 e. The van der Waals surface area contributed by atoms with Crippen molar-refractivity contribution in [2.45, 2.75) is 52.4 Å². The van der Waals surface area contributed by atoms with E-state index in [4.69, 9.17) is 0 Å². The van der Waals surface area contributed by atoms with Gasteiger partial charge < -0.3 is 5.11 Å². The first-order chi connectivity index (χ1) is 8.48. The lowest BCUT2D eigenvalue weighted by Crippen LogP contribution is -2.21. The van der Waals surface area contributed by atoms with Crippen LogP contribution in [0.1, 0.15) is 52.7 Å². The summed E-state index contributed by atoms with van der Waals surface area (Å²) in [6, 6.07) is 3.24. The van der Waals surface area contributed by atoms with Crippen LogP contribution in [0, 0.1) is 4.91 Å². The molecule has 0 aliphatic carbocycles. The van der Waals surface area contributed by atoms with Gasteiger partial charge in [-0.05, 0) is 22.0 Å². The summed E-state index contributed by atoms with van der Waals surface area (Å²) in [7, 11) is 1.31. The van der Waals surface area contributed by atoms with Gasteiger partial charge in [0.1, 0.15) is 0 Å². The van der Waals surface area contributed by atoms with Gasteiger partial charge in [0.2, 0.25) is 0 Å². The van der Waals surface area contributed by atoms with E-state index >= 15 is 0 Å². The van der Waals surface area contributed by atoms with Gasteiger partial charge in [0.15, 0.2) is 7.11 Å². The predicted octanol–water partition coefficient (Wildman–Crippen LogP) is 3.33. The van der Waals surface area contributed by atoms with E-state index in [1.54, 1.807) is 12.1 Å². The van der Waals surface area contributed by atoms with E-state index in [1.807, 2.05) is 41.5 Å². The molecule has 0 fully saturated rings. The molecule has 0 spiro atoms. The number of benzene rings is 1. The molecular formula is C15H23NO3. The summed E-state index contributed by atoms with van der Waals surface area (Å²) < 4.78 is 0. The Balaban J connectivity index is 3.62. The zero-order valence-electron chi connectivity index (χ0n) is 12.8. The van der Waals surface area contributed by atoms with Gasteiger partial charge in [0.05, 0.1) is 4.91 Å². The lowest BCUT2D eigenvalue weighted by molar-refractivity contribution is -0.736. The standard InChI is InChI=1S/C15H23NO3/c1-14(2,3)11-8-10(16(18)19-7)9-12(13(11)17)15(4,5)6/h8-9H,1-7H3. The SMILES string of the molecule is CO[N+](=O)c1cc(C(C)(C)C)c([O-])c(C(C)(C)C)c1. The second-order valence-electron chi connectivity index (χ2n) is 6.81. The molecule has 0 heterocycles. The number of hydrogen-bond donors (Lipinski definition) is 0. The Kier molecular flexibility index (Phi) is 3.94. The molecule has 0 aliphatic heterocycles. The monoisotopic (exact) mass is 265 g/mol. The molecule has 1 rings (SSSR count). The van der Waals surface area contributed by atoms with Crippen molar-refractivity contribution >= 4 is 5.69 Å². The van der Waals surface area contributed by atoms with Crippen LogP contribution in [0.3, 0.4) is 0 Å². The van der Waals surface area contributed by atoms with Crippen LogP contribution in [0.25, 0.3) is 0 Å². The molecule has 0 aliphatic rings. The van der Waals surface area contributed by atoms with Gasteiger partial charge in [-0.1, -0.05) is 41.5 Å². The molecule has 0 amide bonds. The van der Waals surface area contributed by atoms with Crippen molar-refractivity contribution in [3.8, 4) is 5.75 Å². The van der Waals surface area contributed by atoms with Gasteiger partial charge in [-0.25, -0.2) is 4.84 Å². The summed E-state index contributed by atoms with van der Waals surface area (Å²) in [6.45, 7) is 11.8. The molecule has 0 saturated heterocycles. The van der Waals surface area contributed by atoms with Gasteiger partial charge >= 0.3 is 5.69 Å². The smallest absolute Gasteiger partial charge is 0.317 e. The molecule has 0 bridgehead atoms. The Morgan fingerprint density at radius 2 is 1.37 bits per heavy atom. The number of hydrogen-bond acceptors (Lipinski definition) is 3. The van der Waals surface area contributed by atoms with E-state index in [1.165, 1.54) is 7.11 Å². The number of rotatable bonds is 2. The Bertz CT molecular complexity index is 458. The van der Waals surface area contributed by atoms with Crippen molar-refractivity contribution in [2.75, 3.05) is 7.11 Å². The molecule has 4 nitrogen and oxygen atoms in total. The first-order valence-corrected chi connectivity index (χ1v) is 6.36. The highest BCUT2D eigenvalue weighted by Gasteiger charge is 2.27. The minimum atomic E-state index is -0.318. The summed E-state index contributed by atoms with van der Waals surface area (Å²) in [5, 5.41) is 12.6. The third kappa shape index (κ3) is 3.25. The first-order valence-electron chi connectivity index (χ1n) is 6.36. The summed E-state index contributed by atoms with van der Waals surface area (Å²) in [4.78, 5) is 16.8. The highest BCUT2D eigenvalue weighted by molar-refractivity contribution is 5.53. The minimum Gasteiger partial charge on any atom is -0.872 e. The zero-order valence-corrected chi connectivity index (χ0v) is 12.8. The molecule has 1 aromatic carbocycles. The third-order valence-corrected chi connectivity index (χ3v) is 3.07. The molecule has 106 valence electrons. The van der Waals surface area contributed by atoms with Crippen molar-refractivity contribution in [3.63, 3.8) is 0 Å². The van der Waals surface area contributed by atoms with E-state index in [2.05, 4.69) is 4.84 Å². The van der Waals surface area contributed by atoms with Crippen LogP contribution in [-0.4, -0.2) is 12.0 Å². The van der Waals surface area contributed by atoms with Crippen LogP contribution in [0.4, 0.5) is 5.69 Å². The normalized spacial score (nSPS) is 12.4. The van der Waals surface area contributed by atoms with Gasteiger partial charge in [0, 0.05) is 12.1 Å². The maximum atomic E-state index is 12.6. The average molecular weight is 265 g/mol. The van der Waals surface area contributed by atoms with Gasteiger partial charge in [-0.2, -0.15) is 0 Å². The molecule has 4 heteroatoms. The largest absolute Gasteiger partial charge is 0.872 e. The van der Waals surface area contributed by atoms with E-state index in [9.17, 15) is 10.0 Å². The highest BCUT2D eigenvalue weighted by Crippen LogP contribution is 2.39. The zero-order chi connectivity index (χ0) is 15.0. The van der Waals surface area contributed by atoms with Crippen LogP contribution in [0.5, 0.6) is 5.75 Å². The Morgan fingerprint density at radius 1 is 1.00 bits per heavy atom. The fourth-order valence-electron chi connectivity index (χ4n) is 1.94. The molecule has 0 unspecified atom stereocenters. The molecule has 0 radical (unpaired) electrons. The van der Waals surface area contributed by atoms with E-state index in [-0.39, 0.29) is 16.6 Å². The topological polar surface area (TPSA) is 52.4 Å². The van der Waals surface area contributed by atoms with Gasteiger partial charge in [-0.15, -0.1) is 5.75 Å². The minimum absolute atomic E-state index is 0.00764. The first kappa shape index (κ1) is 15.5. The van der Waals surface area contributed by atoms with Crippen molar-refractivity contribution < 1.29 is 14.9 Å². The average Bonchev–Trinajstić information content (AvgIpc) is 2.25. The van der Waals surface area contributed by atoms with Crippen LogP contribution < -0.4 is 5.11 Å². The second-order valence-corrected chi connectivity index (χ2v) is 6.81. The van der Waals surface area contributed by atoms with E-state index < -0.39 is 0 Å². The van der Waals surface area contributed by atoms with Crippen LogP contribution in [-0.2, 0) is 15.7 Å². The Labute approximate surface area is 114 Å². The third-order valence-electron chi connectivity index (χ3n) is 3.07. The fourth-order valence-corrected chi connectivity index (χ4v) is 1.94. The van der Waals surface area contributed by atoms with E-state index in [0.717, 1.165) is 0 Å². The molecule has 0 aromatic heterocycles. The molecule has 19 heavy (non-hydrogen) atoms. The lowest BCUT2D eigenvalue weighted by atomic mass is 9.79. The lowest BCUT2D eigenvalue weighted by Gasteiger charge is -2.32. The summed E-state index contributed by atoms with van der Waals surface area (Å²) >= 11 is 0. The van der Waals surface area contributed by atoms with Crippen LogP contribution in [0.2, 0.25) is 0 Å². The summed E-state index contributed by atoms with van der Waals surface area (Å²) in [5.74, 6) is 0.00764. The maximum absolute atomic E-state index is 12.6. The van der Waals surface area contributed by atoms with Crippen molar-refractivity contribution in [1.82, 2.24) is 0 Å². The van der Waals surface area contributed by atoms with Crippen molar-refractivity contribution in [2.24, 2.45) is 0 Å². The molecule has 0 saturated carbocycles. The van der Waals surface area contributed by atoms with Crippen LogP contribution in [0.15, 0.2) is 12.1 Å². The highest BCUT2D eigenvalue weighted by atomic mass is 16.8. The molecule has 0 N–H and O–H groups in total. The van der Waals surface area contributed by atoms with Crippen molar-refractivity contribution in [1.29, 1.82) is 0 Å². The summed E-state index contributed by atoms with van der Waals surface area (Å²) in [5.41, 5.74) is 0.987. The summed E-state index contributed by atoms with van der Waals surface area (Å²) in [6.07, 6.45) is 0. The van der Waals surface area contributed by atoms with Crippen LogP contribution >= 0.6 is 0 Å². The molecular weight excluding hydrogens is 242 g/mol.